The number of tetrazole rings is 1. The second-order valence-electron chi connectivity index (χ2n) is 5.86. The van der Waals surface area contributed by atoms with Crippen LogP contribution in [0.5, 0.6) is 17.2 Å². The van der Waals surface area contributed by atoms with Crippen LogP contribution < -0.4 is 24.6 Å². The van der Waals surface area contributed by atoms with Gasteiger partial charge >= 0.3 is 0 Å². The molecule has 0 saturated carbocycles. The fraction of sp³-hybridized carbons (Fsp3) is 0.263. The zero-order chi connectivity index (χ0) is 19.9. The summed E-state index contributed by atoms with van der Waals surface area (Å²) in [4.78, 5) is 13.1. The van der Waals surface area contributed by atoms with Crippen LogP contribution in [0.4, 0.5) is 5.69 Å². The highest BCUT2D eigenvalue weighted by Gasteiger charge is 2.24. The van der Waals surface area contributed by atoms with Crippen LogP contribution in [0.15, 0.2) is 42.5 Å². The van der Waals surface area contributed by atoms with E-state index in [-0.39, 0.29) is 18.2 Å². The number of hydrogen-bond donors (Lipinski definition) is 1. The zero-order valence-electron chi connectivity index (χ0n) is 15.7. The van der Waals surface area contributed by atoms with Crippen LogP contribution in [0.2, 0.25) is 0 Å². The Balaban J connectivity index is 1.91. The van der Waals surface area contributed by atoms with E-state index in [1.165, 1.54) is 7.11 Å². The van der Waals surface area contributed by atoms with Crippen molar-refractivity contribution in [2.75, 3.05) is 26.6 Å². The summed E-state index contributed by atoms with van der Waals surface area (Å²) in [5, 5.41) is 17.6. The van der Waals surface area contributed by atoms with Gasteiger partial charge in [-0.1, -0.05) is 12.1 Å². The van der Waals surface area contributed by atoms with Gasteiger partial charge in [-0.2, -0.15) is 5.21 Å². The lowest BCUT2D eigenvalue weighted by atomic mass is 9.96. The smallest absolute Gasteiger partial charge is 0.232 e. The zero-order valence-corrected chi connectivity index (χ0v) is 15.7. The molecule has 3 rings (SSSR count). The van der Waals surface area contributed by atoms with E-state index in [0.29, 0.717) is 22.9 Å². The van der Waals surface area contributed by atoms with Gasteiger partial charge in [0.15, 0.2) is 0 Å². The summed E-state index contributed by atoms with van der Waals surface area (Å²) in [7, 11) is 4.68. The van der Waals surface area contributed by atoms with Crippen molar-refractivity contribution in [2.24, 2.45) is 0 Å². The van der Waals surface area contributed by atoms with Crippen molar-refractivity contribution >= 4 is 11.6 Å². The normalized spacial score (nSPS) is 11.5. The predicted octanol–water partition coefficient (Wildman–Crippen LogP) is 1.82. The number of nitrogens with zero attached hydrogens (tertiary/aromatic N) is 4. The molecule has 2 aromatic carbocycles. The molecule has 0 fully saturated rings. The Hall–Kier alpha value is -3.62. The van der Waals surface area contributed by atoms with E-state index in [4.69, 9.17) is 14.2 Å². The lowest BCUT2D eigenvalue weighted by Gasteiger charge is -2.19. The second kappa shape index (κ2) is 8.85. The summed E-state index contributed by atoms with van der Waals surface area (Å²) in [5.41, 5.74) is 1.32. The van der Waals surface area contributed by atoms with E-state index in [9.17, 15) is 4.79 Å². The molecule has 0 aliphatic carbocycles. The standard InChI is InChI=1S/C19H21N5O4/c1-26-13-8-9-16(27-2)12(10-13)11-14(18-21-23-24-22-18)19(25)20-15-6-4-5-7-17(15)28-3/h4-10,14H,11H2,1-3H3,(H2,20,21,22,23,24,25)/p-1/t14-/m1/s1. The van der Waals surface area contributed by atoms with Gasteiger partial charge in [0.2, 0.25) is 5.91 Å². The number of benzene rings is 2. The van der Waals surface area contributed by atoms with Crippen molar-refractivity contribution in [2.45, 2.75) is 12.3 Å². The minimum absolute atomic E-state index is 0.220. The number of carbonyl (C=O) groups excluding carboxylic acids is 1. The SMILES string of the molecule is COc1ccc(OC)c(C[C@@H](C(=O)Nc2ccccc2OC)c2nnn[n-]2)c1. The third-order valence-corrected chi connectivity index (χ3v) is 4.24. The predicted molar refractivity (Wildman–Crippen MR) is 101 cm³/mol. The quantitative estimate of drug-likeness (QED) is 0.628. The minimum Gasteiger partial charge on any atom is -0.497 e. The number of hydrogen-bond acceptors (Lipinski definition) is 7. The fourth-order valence-electron chi connectivity index (χ4n) is 2.82. The maximum Gasteiger partial charge on any atom is 0.232 e. The summed E-state index contributed by atoms with van der Waals surface area (Å²) in [6.45, 7) is 0. The Morgan fingerprint density at radius 1 is 1.07 bits per heavy atom. The molecule has 0 spiro atoms. The molecule has 3 aromatic rings. The Labute approximate surface area is 162 Å². The summed E-state index contributed by atoms with van der Waals surface area (Å²) in [6.07, 6.45) is 0.273. The molecule has 9 heteroatoms. The summed E-state index contributed by atoms with van der Waals surface area (Å²) in [6, 6.07) is 12.5. The largest absolute Gasteiger partial charge is 0.497 e. The molecule has 1 amide bonds. The van der Waals surface area contributed by atoms with Crippen molar-refractivity contribution in [3.05, 3.63) is 53.9 Å². The van der Waals surface area contributed by atoms with Crippen molar-refractivity contribution in [3.8, 4) is 17.2 Å². The molecule has 28 heavy (non-hydrogen) atoms. The van der Waals surface area contributed by atoms with Gasteiger partial charge < -0.3 is 24.6 Å². The van der Waals surface area contributed by atoms with Gasteiger partial charge in [-0.25, -0.2) is 0 Å². The van der Waals surface area contributed by atoms with Crippen LogP contribution in [0.25, 0.3) is 0 Å². The molecule has 0 radical (unpaired) electrons. The van der Waals surface area contributed by atoms with Gasteiger partial charge in [-0.3, -0.25) is 15.1 Å². The van der Waals surface area contributed by atoms with Crippen molar-refractivity contribution in [1.82, 2.24) is 20.6 Å². The monoisotopic (exact) mass is 382 g/mol. The number of aromatic nitrogens is 4. The molecule has 0 aliphatic heterocycles. The van der Waals surface area contributed by atoms with Gasteiger partial charge in [0.1, 0.15) is 17.2 Å². The molecule has 0 unspecified atom stereocenters. The number of methoxy groups -OCH3 is 3. The fourth-order valence-corrected chi connectivity index (χ4v) is 2.82. The first-order valence-electron chi connectivity index (χ1n) is 8.49. The van der Waals surface area contributed by atoms with E-state index in [2.05, 4.69) is 25.9 Å². The molecular weight excluding hydrogens is 362 g/mol. The van der Waals surface area contributed by atoms with Crippen LogP contribution in [0.1, 0.15) is 17.3 Å². The number of carbonyl (C=O) groups is 1. The molecule has 1 aromatic heterocycles. The lowest BCUT2D eigenvalue weighted by Crippen LogP contribution is -2.25. The number of amides is 1. The lowest BCUT2D eigenvalue weighted by molar-refractivity contribution is -0.117. The number of para-hydroxylation sites is 2. The summed E-state index contributed by atoms with van der Waals surface area (Å²) < 4.78 is 16.0. The Bertz CT molecular complexity index is 930. The van der Waals surface area contributed by atoms with E-state index in [1.807, 2.05) is 12.1 Å². The molecule has 0 saturated heterocycles. The first kappa shape index (κ1) is 19.2. The van der Waals surface area contributed by atoms with Gasteiger partial charge in [-0.15, -0.1) is 0 Å². The van der Waals surface area contributed by atoms with Crippen molar-refractivity contribution in [3.63, 3.8) is 0 Å². The van der Waals surface area contributed by atoms with E-state index in [1.54, 1.807) is 44.6 Å². The number of rotatable bonds is 8. The first-order chi connectivity index (χ1) is 13.7. The third kappa shape index (κ3) is 4.20. The molecule has 0 aliphatic rings. The van der Waals surface area contributed by atoms with Crippen LogP contribution in [0, 0.1) is 0 Å². The van der Waals surface area contributed by atoms with Crippen molar-refractivity contribution < 1.29 is 19.0 Å². The first-order valence-corrected chi connectivity index (χ1v) is 8.49. The average Bonchev–Trinajstić information content (AvgIpc) is 3.26. The molecule has 146 valence electrons. The molecule has 1 heterocycles. The van der Waals surface area contributed by atoms with Gasteiger partial charge in [0, 0.05) is 5.82 Å². The molecular formula is C19H20N5O4-. The molecule has 9 nitrogen and oxygen atoms in total. The van der Waals surface area contributed by atoms with Crippen LogP contribution in [-0.4, -0.2) is 42.8 Å². The highest BCUT2D eigenvalue weighted by Crippen LogP contribution is 2.30. The van der Waals surface area contributed by atoms with Crippen molar-refractivity contribution in [1.29, 1.82) is 0 Å². The average molecular weight is 382 g/mol. The number of anilines is 1. The number of nitrogens with one attached hydrogen (secondary N) is 1. The minimum atomic E-state index is -0.735. The second-order valence-corrected chi connectivity index (χ2v) is 5.86. The summed E-state index contributed by atoms with van der Waals surface area (Å²) in [5.74, 6) is 0.998. The molecule has 1 N–H and O–H groups in total. The summed E-state index contributed by atoms with van der Waals surface area (Å²) >= 11 is 0. The van der Waals surface area contributed by atoms with Gasteiger partial charge in [-0.05, 0) is 42.3 Å². The van der Waals surface area contributed by atoms with E-state index >= 15 is 0 Å². The van der Waals surface area contributed by atoms with Gasteiger partial charge in [0.25, 0.3) is 0 Å². The third-order valence-electron chi connectivity index (χ3n) is 4.24. The highest BCUT2D eigenvalue weighted by molar-refractivity contribution is 5.96. The van der Waals surface area contributed by atoms with Crippen LogP contribution >= 0.6 is 0 Å². The van der Waals surface area contributed by atoms with Crippen LogP contribution in [-0.2, 0) is 11.2 Å². The maximum atomic E-state index is 13.1. The Kier molecular flexibility index (Phi) is 6.05. The van der Waals surface area contributed by atoms with Gasteiger partial charge in [0.05, 0.1) is 32.9 Å². The molecule has 0 bridgehead atoms. The highest BCUT2D eigenvalue weighted by atomic mass is 16.5. The topological polar surface area (TPSA) is 110 Å². The molecule has 1 atom stereocenters. The maximum absolute atomic E-state index is 13.1. The van der Waals surface area contributed by atoms with E-state index in [0.717, 1.165) is 5.56 Å². The van der Waals surface area contributed by atoms with E-state index < -0.39 is 5.92 Å². The Morgan fingerprint density at radius 2 is 1.86 bits per heavy atom. The van der Waals surface area contributed by atoms with Crippen LogP contribution in [0.3, 0.4) is 0 Å². The number of ether oxygens (including phenoxy) is 3. The Morgan fingerprint density at radius 3 is 2.54 bits per heavy atom.